The maximum absolute atomic E-state index is 13.0. The van der Waals surface area contributed by atoms with Crippen molar-refractivity contribution in [2.75, 3.05) is 19.3 Å². The molecule has 1 unspecified atom stereocenters. The summed E-state index contributed by atoms with van der Waals surface area (Å²) in [5.74, 6) is 0.680. The van der Waals surface area contributed by atoms with Gasteiger partial charge in [-0.05, 0) is 43.4 Å². The molecule has 1 amide bonds. The summed E-state index contributed by atoms with van der Waals surface area (Å²) < 4.78 is 26.1. The maximum atomic E-state index is 13.0. The quantitative estimate of drug-likeness (QED) is 0.758. The second-order valence-electron chi connectivity index (χ2n) is 7.58. The second kappa shape index (κ2) is 7.20. The number of likely N-dealkylation sites (tertiary alicyclic amines) is 1. The Morgan fingerprint density at radius 1 is 1.14 bits per heavy atom. The van der Waals surface area contributed by atoms with Crippen molar-refractivity contribution in [2.45, 2.75) is 49.6 Å². The fourth-order valence-electron chi connectivity index (χ4n) is 4.03. The van der Waals surface area contributed by atoms with Crippen LogP contribution >= 0.6 is 0 Å². The number of carbonyl (C=O) groups excluding carboxylic acids is 1. The summed E-state index contributed by atoms with van der Waals surface area (Å²) in [4.78, 5) is 28.0. The number of amides is 1. The molecule has 0 spiro atoms. The zero-order chi connectivity index (χ0) is 19.9. The van der Waals surface area contributed by atoms with Crippen LogP contribution in [0.5, 0.6) is 0 Å². The predicted molar refractivity (Wildman–Crippen MR) is 103 cm³/mol. The molecule has 1 fully saturated rings. The first-order chi connectivity index (χ1) is 13.3. The predicted octanol–water partition coefficient (Wildman–Crippen LogP) is 0.996. The minimum Gasteiger partial charge on any atom is -0.341 e. The number of aryl methyl sites for hydroxylation is 1. The molecule has 1 saturated heterocycles. The van der Waals surface area contributed by atoms with Crippen LogP contribution in [0.25, 0.3) is 0 Å². The van der Waals surface area contributed by atoms with Crippen LogP contribution in [0.3, 0.4) is 0 Å². The molecule has 0 saturated carbocycles. The Morgan fingerprint density at radius 3 is 2.46 bits per heavy atom. The zero-order valence-corrected chi connectivity index (χ0v) is 16.7. The van der Waals surface area contributed by atoms with E-state index in [4.69, 9.17) is 0 Å². The van der Waals surface area contributed by atoms with Gasteiger partial charge in [-0.3, -0.25) is 9.36 Å². The summed E-state index contributed by atoms with van der Waals surface area (Å²) in [6, 6.07) is 5.98. The zero-order valence-electron chi connectivity index (χ0n) is 15.9. The molecule has 28 heavy (non-hydrogen) atoms. The Hall–Kier alpha value is -2.42. The number of sulfone groups is 1. The van der Waals surface area contributed by atoms with E-state index >= 15 is 0 Å². The fraction of sp³-hybridized carbons (Fsp3) is 0.526. The average molecular weight is 404 g/mol. The molecule has 2 aliphatic heterocycles. The first-order valence-corrected chi connectivity index (χ1v) is 11.5. The van der Waals surface area contributed by atoms with Gasteiger partial charge in [-0.25, -0.2) is 17.9 Å². The third kappa shape index (κ3) is 3.50. The number of carbonyl (C=O) groups is 1. The third-order valence-corrected chi connectivity index (χ3v) is 6.65. The van der Waals surface area contributed by atoms with Crippen molar-refractivity contribution in [3.63, 3.8) is 0 Å². The van der Waals surface area contributed by atoms with E-state index in [1.807, 2.05) is 4.90 Å². The van der Waals surface area contributed by atoms with E-state index in [-0.39, 0.29) is 23.0 Å². The standard InChI is InChI=1S/C19H24N4O4S/c1-28(26,27)15-9-7-14(8-10-15)13-22-19(25)23-16(5-4-6-17(23)20-22)18(24)21-11-2-3-12-21/h7-10,16H,2-6,11-13H2,1H3. The molecule has 150 valence electrons. The molecule has 2 aromatic rings. The van der Waals surface area contributed by atoms with Crippen molar-refractivity contribution in [1.29, 1.82) is 0 Å². The monoisotopic (exact) mass is 404 g/mol. The van der Waals surface area contributed by atoms with Gasteiger partial charge in [-0.1, -0.05) is 12.1 Å². The molecule has 4 rings (SSSR count). The molecular formula is C19H24N4O4S. The minimum atomic E-state index is -3.26. The summed E-state index contributed by atoms with van der Waals surface area (Å²) in [5, 5.41) is 4.45. The Kier molecular flexibility index (Phi) is 4.86. The fourth-order valence-corrected chi connectivity index (χ4v) is 4.66. The highest BCUT2D eigenvalue weighted by Gasteiger charge is 2.34. The molecule has 8 nitrogen and oxygen atoms in total. The molecule has 9 heteroatoms. The van der Waals surface area contributed by atoms with E-state index in [2.05, 4.69) is 5.10 Å². The van der Waals surface area contributed by atoms with Crippen molar-refractivity contribution in [3.05, 3.63) is 46.1 Å². The summed E-state index contributed by atoms with van der Waals surface area (Å²) in [7, 11) is -3.26. The van der Waals surface area contributed by atoms with Crippen molar-refractivity contribution >= 4 is 15.7 Å². The van der Waals surface area contributed by atoms with E-state index in [1.54, 1.807) is 16.7 Å². The van der Waals surface area contributed by atoms with Gasteiger partial charge in [0.25, 0.3) is 0 Å². The lowest BCUT2D eigenvalue weighted by Crippen LogP contribution is -2.41. The highest BCUT2D eigenvalue weighted by molar-refractivity contribution is 7.90. The molecule has 0 bridgehead atoms. The summed E-state index contributed by atoms with van der Waals surface area (Å²) >= 11 is 0. The first-order valence-electron chi connectivity index (χ1n) is 9.60. The number of hydrogen-bond acceptors (Lipinski definition) is 5. The lowest BCUT2D eigenvalue weighted by molar-refractivity contribution is -0.134. The summed E-state index contributed by atoms with van der Waals surface area (Å²) in [6.45, 7) is 1.77. The van der Waals surface area contributed by atoms with Crippen molar-refractivity contribution in [1.82, 2.24) is 19.2 Å². The number of benzene rings is 1. The van der Waals surface area contributed by atoms with Gasteiger partial charge in [-0.15, -0.1) is 0 Å². The number of fused-ring (bicyclic) bond motifs is 1. The topological polar surface area (TPSA) is 94.3 Å². The Labute approximate surface area is 163 Å². The largest absolute Gasteiger partial charge is 0.346 e. The molecule has 1 atom stereocenters. The molecule has 2 aliphatic rings. The van der Waals surface area contributed by atoms with Gasteiger partial charge in [0.2, 0.25) is 5.91 Å². The minimum absolute atomic E-state index is 0.0256. The maximum Gasteiger partial charge on any atom is 0.346 e. The lowest BCUT2D eigenvalue weighted by atomic mass is 10.0. The highest BCUT2D eigenvalue weighted by atomic mass is 32.2. The van der Waals surface area contributed by atoms with E-state index in [0.29, 0.717) is 18.7 Å². The molecule has 0 N–H and O–H groups in total. The Morgan fingerprint density at radius 2 is 1.82 bits per heavy atom. The van der Waals surface area contributed by atoms with Gasteiger partial charge in [0.05, 0.1) is 11.4 Å². The highest BCUT2D eigenvalue weighted by Crippen LogP contribution is 2.25. The van der Waals surface area contributed by atoms with Crippen LogP contribution in [0.2, 0.25) is 0 Å². The van der Waals surface area contributed by atoms with Gasteiger partial charge in [0, 0.05) is 25.8 Å². The normalized spacial score (nSPS) is 19.6. The number of rotatable bonds is 4. The summed E-state index contributed by atoms with van der Waals surface area (Å²) in [6.07, 6.45) is 5.37. The Bertz CT molecular complexity index is 1050. The van der Waals surface area contributed by atoms with Crippen LogP contribution in [0.15, 0.2) is 34.0 Å². The van der Waals surface area contributed by atoms with Crippen LogP contribution in [0.4, 0.5) is 0 Å². The van der Waals surface area contributed by atoms with Gasteiger partial charge in [-0.2, -0.15) is 5.10 Å². The SMILES string of the molecule is CS(=O)(=O)c1ccc(Cn2nc3n(c2=O)C(C(=O)N2CCCC2)CCC3)cc1. The van der Waals surface area contributed by atoms with Crippen LogP contribution in [-0.4, -0.2) is 52.9 Å². The molecule has 0 aliphatic carbocycles. The average Bonchev–Trinajstić information content (AvgIpc) is 3.30. The van der Waals surface area contributed by atoms with Crippen LogP contribution in [0.1, 0.15) is 43.1 Å². The Balaban J connectivity index is 1.60. The third-order valence-electron chi connectivity index (χ3n) is 5.52. The molecular weight excluding hydrogens is 380 g/mol. The van der Waals surface area contributed by atoms with Crippen LogP contribution in [0, 0.1) is 0 Å². The van der Waals surface area contributed by atoms with E-state index in [1.165, 1.54) is 16.8 Å². The lowest BCUT2D eigenvalue weighted by Gasteiger charge is -2.27. The smallest absolute Gasteiger partial charge is 0.341 e. The van der Waals surface area contributed by atoms with Crippen molar-refractivity contribution in [2.24, 2.45) is 0 Å². The van der Waals surface area contributed by atoms with E-state index < -0.39 is 15.9 Å². The van der Waals surface area contributed by atoms with E-state index in [0.717, 1.165) is 44.2 Å². The van der Waals surface area contributed by atoms with Crippen molar-refractivity contribution < 1.29 is 13.2 Å². The van der Waals surface area contributed by atoms with Gasteiger partial charge < -0.3 is 4.90 Å². The number of aromatic nitrogens is 3. The summed E-state index contributed by atoms with van der Waals surface area (Å²) in [5.41, 5.74) is 0.506. The number of nitrogens with zero attached hydrogens (tertiary/aromatic N) is 4. The second-order valence-corrected chi connectivity index (χ2v) is 9.60. The number of hydrogen-bond donors (Lipinski definition) is 0. The van der Waals surface area contributed by atoms with E-state index in [9.17, 15) is 18.0 Å². The first kappa shape index (κ1) is 18.9. The molecule has 3 heterocycles. The van der Waals surface area contributed by atoms with Crippen LogP contribution in [-0.2, 0) is 27.6 Å². The molecule has 1 aromatic carbocycles. The van der Waals surface area contributed by atoms with Gasteiger partial charge >= 0.3 is 5.69 Å². The molecule has 1 aromatic heterocycles. The molecule has 0 radical (unpaired) electrons. The van der Waals surface area contributed by atoms with Crippen LogP contribution < -0.4 is 5.69 Å². The van der Waals surface area contributed by atoms with Gasteiger partial charge in [0.15, 0.2) is 9.84 Å². The van der Waals surface area contributed by atoms with Crippen molar-refractivity contribution in [3.8, 4) is 0 Å². The van der Waals surface area contributed by atoms with Gasteiger partial charge in [0.1, 0.15) is 11.9 Å².